The van der Waals surface area contributed by atoms with Crippen LogP contribution in [0.15, 0.2) is 24.3 Å². The number of carboxylic acids is 1. The molecule has 3 amide bonds. The molecule has 1 unspecified atom stereocenters. The van der Waals surface area contributed by atoms with Crippen molar-refractivity contribution in [3.05, 3.63) is 29.8 Å². The molecule has 0 saturated carbocycles. The molecule has 0 spiro atoms. The van der Waals surface area contributed by atoms with Gasteiger partial charge in [0.05, 0.1) is 0 Å². The van der Waals surface area contributed by atoms with Gasteiger partial charge in [-0.2, -0.15) is 0 Å². The lowest BCUT2D eigenvalue weighted by atomic mass is 10.0. The predicted molar refractivity (Wildman–Crippen MR) is 94.3 cm³/mol. The molecular weight excluding hydrogens is 322 g/mol. The van der Waals surface area contributed by atoms with Gasteiger partial charge in [-0.1, -0.05) is 26.0 Å². The van der Waals surface area contributed by atoms with Crippen LogP contribution in [0, 0.1) is 12.8 Å². The van der Waals surface area contributed by atoms with E-state index in [9.17, 15) is 19.5 Å². The maximum Gasteiger partial charge on any atom is 0.326 e. The number of carbonyl (C=O) groups is 3. The second-order valence-electron chi connectivity index (χ2n) is 6.72. The molecule has 0 aromatic heterocycles. The van der Waals surface area contributed by atoms with Crippen LogP contribution in [0.2, 0.25) is 0 Å². The van der Waals surface area contributed by atoms with Crippen molar-refractivity contribution in [1.82, 2.24) is 10.2 Å². The van der Waals surface area contributed by atoms with E-state index in [2.05, 4.69) is 10.6 Å². The Kier molecular flexibility index (Phi) is 6.01. The number of hydrogen-bond acceptors (Lipinski definition) is 3. The Labute approximate surface area is 147 Å². The van der Waals surface area contributed by atoms with Crippen molar-refractivity contribution < 1.29 is 19.5 Å². The molecule has 7 nitrogen and oxygen atoms in total. The zero-order valence-corrected chi connectivity index (χ0v) is 14.8. The molecular formula is C18H25N3O4. The summed E-state index contributed by atoms with van der Waals surface area (Å²) in [7, 11) is 0. The molecule has 136 valence electrons. The number of aryl methyl sites for hydroxylation is 1. The first-order valence-electron chi connectivity index (χ1n) is 8.47. The van der Waals surface area contributed by atoms with Gasteiger partial charge in [-0.05, 0) is 43.4 Å². The smallest absolute Gasteiger partial charge is 0.326 e. The summed E-state index contributed by atoms with van der Waals surface area (Å²) >= 11 is 0. The molecule has 0 bridgehead atoms. The third-order valence-electron chi connectivity index (χ3n) is 4.32. The van der Waals surface area contributed by atoms with E-state index in [1.165, 1.54) is 4.90 Å². The summed E-state index contributed by atoms with van der Waals surface area (Å²) in [4.78, 5) is 37.7. The molecule has 2 rings (SSSR count). The van der Waals surface area contributed by atoms with E-state index in [0.29, 0.717) is 25.1 Å². The van der Waals surface area contributed by atoms with Gasteiger partial charge in [0.25, 0.3) is 0 Å². The Hall–Kier alpha value is -2.57. The molecule has 1 aromatic rings. The number of hydrogen-bond donors (Lipinski definition) is 3. The van der Waals surface area contributed by atoms with Crippen molar-refractivity contribution in [3.8, 4) is 0 Å². The van der Waals surface area contributed by atoms with Crippen molar-refractivity contribution >= 4 is 23.6 Å². The van der Waals surface area contributed by atoms with Gasteiger partial charge in [0.1, 0.15) is 12.1 Å². The van der Waals surface area contributed by atoms with E-state index >= 15 is 0 Å². The molecule has 1 aromatic carbocycles. The van der Waals surface area contributed by atoms with Crippen molar-refractivity contribution in [2.45, 2.75) is 45.7 Å². The molecule has 1 aliphatic rings. The highest BCUT2D eigenvalue weighted by Gasteiger charge is 2.38. The number of nitrogens with zero attached hydrogens (tertiary/aromatic N) is 1. The summed E-state index contributed by atoms with van der Waals surface area (Å²) in [6.07, 6.45) is 1.10. The van der Waals surface area contributed by atoms with Crippen LogP contribution in [0.5, 0.6) is 0 Å². The van der Waals surface area contributed by atoms with Crippen LogP contribution in [0.1, 0.15) is 32.3 Å². The van der Waals surface area contributed by atoms with Crippen LogP contribution in [0.25, 0.3) is 0 Å². The maximum absolute atomic E-state index is 12.8. The van der Waals surface area contributed by atoms with Gasteiger partial charge in [0, 0.05) is 12.2 Å². The molecule has 1 heterocycles. The summed E-state index contributed by atoms with van der Waals surface area (Å²) < 4.78 is 0. The van der Waals surface area contributed by atoms with Crippen molar-refractivity contribution in [3.63, 3.8) is 0 Å². The number of rotatable bonds is 5. The van der Waals surface area contributed by atoms with E-state index in [-0.39, 0.29) is 11.8 Å². The molecule has 2 atom stereocenters. The minimum Gasteiger partial charge on any atom is -0.480 e. The number of anilines is 1. The average molecular weight is 347 g/mol. The minimum absolute atomic E-state index is 0.161. The van der Waals surface area contributed by atoms with E-state index in [0.717, 1.165) is 5.56 Å². The first kappa shape index (κ1) is 18.8. The zero-order chi connectivity index (χ0) is 18.6. The Balaban J connectivity index is 2.06. The number of nitrogens with one attached hydrogen (secondary N) is 2. The SMILES string of the molecule is Cc1cccc(NC(=O)NC(C(=O)N2CCC[C@H]2C(=O)O)C(C)C)c1. The fourth-order valence-corrected chi connectivity index (χ4v) is 3.01. The van der Waals surface area contributed by atoms with Gasteiger partial charge in [0.2, 0.25) is 5.91 Å². The average Bonchev–Trinajstić information content (AvgIpc) is 3.01. The Morgan fingerprint density at radius 2 is 2.00 bits per heavy atom. The quantitative estimate of drug-likeness (QED) is 0.760. The van der Waals surface area contributed by atoms with Crippen molar-refractivity contribution in [1.29, 1.82) is 0 Å². The van der Waals surface area contributed by atoms with Crippen LogP contribution in [0.3, 0.4) is 0 Å². The van der Waals surface area contributed by atoms with Gasteiger partial charge >= 0.3 is 12.0 Å². The molecule has 1 fully saturated rings. The zero-order valence-electron chi connectivity index (χ0n) is 14.8. The van der Waals surface area contributed by atoms with Gasteiger partial charge < -0.3 is 20.6 Å². The van der Waals surface area contributed by atoms with Crippen molar-refractivity contribution in [2.75, 3.05) is 11.9 Å². The summed E-state index contributed by atoms with van der Waals surface area (Å²) in [5.41, 5.74) is 1.65. The number of amides is 3. The summed E-state index contributed by atoms with van der Waals surface area (Å²) in [6, 6.07) is 5.27. The first-order chi connectivity index (χ1) is 11.8. The number of likely N-dealkylation sites (tertiary alicyclic amines) is 1. The summed E-state index contributed by atoms with van der Waals surface area (Å²) in [5, 5.41) is 14.7. The monoisotopic (exact) mass is 347 g/mol. The van der Waals surface area contributed by atoms with E-state index < -0.39 is 24.1 Å². The van der Waals surface area contributed by atoms with Gasteiger partial charge in [0.15, 0.2) is 0 Å². The van der Waals surface area contributed by atoms with Gasteiger partial charge in [-0.15, -0.1) is 0 Å². The van der Waals surface area contributed by atoms with E-state index in [1.807, 2.05) is 39.0 Å². The number of urea groups is 1. The van der Waals surface area contributed by atoms with Gasteiger partial charge in [-0.25, -0.2) is 9.59 Å². The Morgan fingerprint density at radius 3 is 2.60 bits per heavy atom. The normalized spacial score (nSPS) is 18.1. The standard InChI is InChI=1S/C18H25N3O4/c1-11(2)15(16(22)21-9-5-8-14(21)17(23)24)20-18(25)19-13-7-4-6-12(3)10-13/h4,6-7,10-11,14-15H,5,8-9H2,1-3H3,(H,23,24)(H2,19,20,25)/t14-,15?/m0/s1. The number of carbonyl (C=O) groups excluding carboxylic acids is 2. The molecule has 3 N–H and O–H groups in total. The number of benzene rings is 1. The third-order valence-corrected chi connectivity index (χ3v) is 4.32. The minimum atomic E-state index is -1.00. The summed E-state index contributed by atoms with van der Waals surface area (Å²) in [5.74, 6) is -1.51. The second-order valence-corrected chi connectivity index (χ2v) is 6.72. The van der Waals surface area contributed by atoms with Crippen LogP contribution in [-0.2, 0) is 9.59 Å². The third kappa shape index (κ3) is 4.71. The Morgan fingerprint density at radius 1 is 1.28 bits per heavy atom. The highest BCUT2D eigenvalue weighted by molar-refractivity contribution is 5.95. The lowest BCUT2D eigenvalue weighted by Crippen LogP contribution is -2.54. The maximum atomic E-state index is 12.8. The molecule has 1 aliphatic heterocycles. The molecule has 0 aliphatic carbocycles. The fourth-order valence-electron chi connectivity index (χ4n) is 3.01. The number of aliphatic carboxylic acids is 1. The molecule has 1 saturated heterocycles. The molecule has 25 heavy (non-hydrogen) atoms. The van der Waals surface area contributed by atoms with Crippen LogP contribution in [0.4, 0.5) is 10.5 Å². The summed E-state index contributed by atoms with van der Waals surface area (Å²) in [6.45, 7) is 5.96. The van der Waals surface area contributed by atoms with Gasteiger partial charge in [-0.3, -0.25) is 4.79 Å². The van der Waals surface area contributed by atoms with Crippen LogP contribution in [-0.4, -0.2) is 46.5 Å². The van der Waals surface area contributed by atoms with E-state index in [1.54, 1.807) is 6.07 Å². The second kappa shape index (κ2) is 8.00. The lowest BCUT2D eigenvalue weighted by molar-refractivity contribution is -0.149. The Bertz CT molecular complexity index is 659. The molecule has 7 heteroatoms. The van der Waals surface area contributed by atoms with E-state index in [4.69, 9.17) is 0 Å². The topological polar surface area (TPSA) is 98.7 Å². The number of carboxylic acid groups (broad SMARTS) is 1. The highest BCUT2D eigenvalue weighted by Crippen LogP contribution is 2.20. The van der Waals surface area contributed by atoms with Crippen LogP contribution >= 0.6 is 0 Å². The lowest BCUT2D eigenvalue weighted by Gasteiger charge is -2.29. The van der Waals surface area contributed by atoms with Crippen molar-refractivity contribution in [2.24, 2.45) is 5.92 Å². The first-order valence-corrected chi connectivity index (χ1v) is 8.47. The van der Waals surface area contributed by atoms with Crippen LogP contribution < -0.4 is 10.6 Å². The predicted octanol–water partition coefficient (Wildman–Crippen LogP) is 2.22. The fraction of sp³-hybridized carbons (Fsp3) is 0.500. The largest absolute Gasteiger partial charge is 0.480 e. The molecule has 0 radical (unpaired) electrons. The highest BCUT2D eigenvalue weighted by atomic mass is 16.4.